The van der Waals surface area contributed by atoms with Crippen molar-refractivity contribution < 1.29 is 4.79 Å². The second-order valence-corrected chi connectivity index (χ2v) is 6.38. The highest BCUT2D eigenvalue weighted by molar-refractivity contribution is 7.07. The minimum absolute atomic E-state index is 0.0198. The van der Waals surface area contributed by atoms with Gasteiger partial charge >= 0.3 is 4.87 Å². The number of aryl methyl sites for hydroxylation is 2. The van der Waals surface area contributed by atoms with Crippen LogP contribution in [0.5, 0.6) is 0 Å². The van der Waals surface area contributed by atoms with Crippen LogP contribution in [0.2, 0.25) is 0 Å². The smallest absolute Gasteiger partial charge is 0.307 e. The van der Waals surface area contributed by atoms with Gasteiger partial charge in [-0.15, -0.1) is 10.2 Å². The Morgan fingerprint density at radius 2 is 2.32 bits per heavy atom. The highest BCUT2D eigenvalue weighted by Gasteiger charge is 2.22. The van der Waals surface area contributed by atoms with Crippen molar-refractivity contribution in [1.82, 2.24) is 24.6 Å². The largest absolute Gasteiger partial charge is 0.346 e. The van der Waals surface area contributed by atoms with Gasteiger partial charge in [0.25, 0.3) is 0 Å². The number of hydrogen-bond donors (Lipinski definition) is 1. The summed E-state index contributed by atoms with van der Waals surface area (Å²) in [6.45, 7) is 5.11. The maximum Gasteiger partial charge on any atom is 0.307 e. The van der Waals surface area contributed by atoms with Crippen molar-refractivity contribution in [2.24, 2.45) is 0 Å². The fourth-order valence-electron chi connectivity index (χ4n) is 2.76. The lowest BCUT2D eigenvalue weighted by molar-refractivity contribution is -0.122. The van der Waals surface area contributed by atoms with E-state index in [0.717, 1.165) is 48.1 Å². The van der Waals surface area contributed by atoms with Crippen LogP contribution in [-0.4, -0.2) is 25.2 Å². The van der Waals surface area contributed by atoms with Crippen LogP contribution in [-0.2, 0) is 24.3 Å². The summed E-state index contributed by atoms with van der Waals surface area (Å²) in [6.07, 6.45) is 2.32. The molecular weight excluding hydrogens is 302 g/mol. The molecular formula is C14H19N5O2S. The normalized spacial score (nSPS) is 14.8. The number of rotatable bonds is 5. The molecule has 1 aliphatic heterocycles. The molecule has 7 nitrogen and oxygen atoms in total. The summed E-state index contributed by atoms with van der Waals surface area (Å²) in [6, 6.07) is -0.174. The molecule has 0 fully saturated rings. The van der Waals surface area contributed by atoms with E-state index in [-0.39, 0.29) is 23.2 Å². The summed E-state index contributed by atoms with van der Waals surface area (Å²) in [5.74, 6) is 1.72. The fourth-order valence-corrected chi connectivity index (χ4v) is 3.52. The topological polar surface area (TPSA) is 81.8 Å². The van der Waals surface area contributed by atoms with Gasteiger partial charge in [0.2, 0.25) is 5.91 Å². The van der Waals surface area contributed by atoms with E-state index < -0.39 is 0 Å². The highest BCUT2D eigenvalue weighted by atomic mass is 32.1. The minimum Gasteiger partial charge on any atom is -0.346 e. The van der Waals surface area contributed by atoms with Gasteiger partial charge in [-0.25, -0.2) is 0 Å². The van der Waals surface area contributed by atoms with Crippen molar-refractivity contribution in [1.29, 1.82) is 0 Å². The molecule has 22 heavy (non-hydrogen) atoms. The van der Waals surface area contributed by atoms with Gasteiger partial charge in [-0.2, -0.15) is 0 Å². The third kappa shape index (κ3) is 2.83. The zero-order valence-electron chi connectivity index (χ0n) is 12.7. The first kappa shape index (κ1) is 15.0. The van der Waals surface area contributed by atoms with E-state index in [0.29, 0.717) is 6.54 Å². The average Bonchev–Trinajstić information content (AvgIpc) is 3.13. The number of thiazole rings is 1. The second-order valence-electron chi connectivity index (χ2n) is 5.56. The van der Waals surface area contributed by atoms with Gasteiger partial charge in [0.05, 0.1) is 6.04 Å². The van der Waals surface area contributed by atoms with Crippen LogP contribution in [0.25, 0.3) is 0 Å². The number of aromatic nitrogens is 4. The maximum absolute atomic E-state index is 12.1. The molecule has 1 atom stereocenters. The first-order chi connectivity index (χ1) is 10.6. The van der Waals surface area contributed by atoms with Gasteiger partial charge < -0.3 is 14.5 Å². The molecule has 0 saturated carbocycles. The van der Waals surface area contributed by atoms with E-state index in [1.165, 1.54) is 0 Å². The monoisotopic (exact) mass is 321 g/mol. The van der Waals surface area contributed by atoms with Crippen LogP contribution in [0.4, 0.5) is 0 Å². The Morgan fingerprint density at radius 1 is 1.50 bits per heavy atom. The van der Waals surface area contributed by atoms with Crippen molar-refractivity contribution >= 4 is 17.2 Å². The molecule has 0 aromatic carbocycles. The van der Waals surface area contributed by atoms with Crippen LogP contribution >= 0.6 is 11.3 Å². The molecule has 3 rings (SSSR count). The van der Waals surface area contributed by atoms with Crippen molar-refractivity contribution in [3.8, 4) is 0 Å². The first-order valence-electron chi connectivity index (χ1n) is 7.42. The minimum atomic E-state index is -0.174. The molecule has 1 aliphatic rings. The van der Waals surface area contributed by atoms with Crippen molar-refractivity contribution in [3.05, 3.63) is 32.4 Å². The summed E-state index contributed by atoms with van der Waals surface area (Å²) < 4.78 is 3.71. The summed E-state index contributed by atoms with van der Waals surface area (Å²) in [4.78, 5) is 23.7. The maximum atomic E-state index is 12.1. The number of fused-ring (bicyclic) bond motifs is 1. The van der Waals surface area contributed by atoms with E-state index in [4.69, 9.17) is 0 Å². The van der Waals surface area contributed by atoms with Gasteiger partial charge in [0.1, 0.15) is 5.82 Å². The van der Waals surface area contributed by atoms with Crippen LogP contribution in [0.1, 0.15) is 43.1 Å². The van der Waals surface area contributed by atoms with Crippen LogP contribution in [0, 0.1) is 6.92 Å². The predicted octanol–water partition coefficient (Wildman–Crippen LogP) is 1.02. The molecule has 118 valence electrons. The molecule has 8 heteroatoms. The highest BCUT2D eigenvalue weighted by Crippen LogP contribution is 2.18. The lowest BCUT2D eigenvalue weighted by Gasteiger charge is -2.14. The molecule has 1 N–H and O–H groups in total. The summed E-state index contributed by atoms with van der Waals surface area (Å²) >= 11 is 1.16. The van der Waals surface area contributed by atoms with E-state index in [2.05, 4.69) is 20.1 Å². The number of hydrogen-bond acceptors (Lipinski definition) is 5. The second kappa shape index (κ2) is 6.04. The van der Waals surface area contributed by atoms with Crippen LogP contribution in [0.3, 0.4) is 0 Å². The quantitative estimate of drug-likeness (QED) is 0.891. The summed E-state index contributed by atoms with van der Waals surface area (Å²) in [5, 5.41) is 13.1. The van der Waals surface area contributed by atoms with Crippen LogP contribution in [0.15, 0.2) is 10.2 Å². The van der Waals surface area contributed by atoms with E-state index in [1.54, 1.807) is 4.57 Å². The Labute approximate surface area is 132 Å². The zero-order chi connectivity index (χ0) is 15.7. The Morgan fingerprint density at radius 3 is 3.05 bits per heavy atom. The molecule has 0 bridgehead atoms. The van der Waals surface area contributed by atoms with E-state index in [1.807, 2.05) is 19.2 Å². The van der Waals surface area contributed by atoms with Gasteiger partial charge in [-0.05, 0) is 20.3 Å². The molecule has 0 spiro atoms. The lowest BCUT2D eigenvalue weighted by Crippen LogP contribution is -2.30. The first-order valence-corrected chi connectivity index (χ1v) is 8.30. The fraction of sp³-hybridized carbons (Fsp3) is 0.571. The number of nitrogens with one attached hydrogen (secondary N) is 1. The number of carbonyl (C=O) groups is 1. The number of nitrogens with zero attached hydrogens (tertiary/aromatic N) is 4. The third-order valence-electron chi connectivity index (χ3n) is 3.94. The molecule has 2 aromatic heterocycles. The van der Waals surface area contributed by atoms with Crippen LogP contribution < -0.4 is 10.2 Å². The molecule has 1 amide bonds. The zero-order valence-corrected chi connectivity index (χ0v) is 13.5. The molecule has 2 aromatic rings. The molecule has 1 unspecified atom stereocenters. The molecule has 0 radical (unpaired) electrons. The van der Waals surface area contributed by atoms with Crippen molar-refractivity contribution in [2.45, 2.75) is 52.2 Å². The Balaban J connectivity index is 1.58. The average molecular weight is 321 g/mol. The number of carbonyl (C=O) groups excluding carboxylic acids is 1. The SMILES string of the molecule is Cc1csc(=O)n1CCC(=O)NC(C)c1nnc2n1CCC2. The summed E-state index contributed by atoms with van der Waals surface area (Å²) in [5.41, 5.74) is 0.895. The molecule has 0 saturated heterocycles. The lowest BCUT2D eigenvalue weighted by atomic mass is 10.3. The Hall–Kier alpha value is -1.96. The predicted molar refractivity (Wildman–Crippen MR) is 82.8 cm³/mol. The van der Waals surface area contributed by atoms with Crippen molar-refractivity contribution in [3.63, 3.8) is 0 Å². The van der Waals surface area contributed by atoms with E-state index in [9.17, 15) is 9.59 Å². The third-order valence-corrected chi connectivity index (χ3v) is 4.82. The molecule has 3 heterocycles. The Kier molecular flexibility index (Phi) is 4.10. The van der Waals surface area contributed by atoms with Gasteiger partial charge in [0.15, 0.2) is 5.82 Å². The standard InChI is InChI=1S/C14H19N5O2S/c1-9-8-22-14(21)18(9)7-5-12(20)15-10(2)13-17-16-11-4-3-6-19(11)13/h8,10H,3-7H2,1-2H3,(H,15,20). The van der Waals surface area contributed by atoms with Gasteiger partial charge in [-0.3, -0.25) is 9.59 Å². The number of amides is 1. The van der Waals surface area contributed by atoms with E-state index >= 15 is 0 Å². The van der Waals surface area contributed by atoms with Gasteiger partial charge in [0, 0.05) is 37.0 Å². The van der Waals surface area contributed by atoms with Crippen molar-refractivity contribution in [2.75, 3.05) is 0 Å². The summed E-state index contributed by atoms with van der Waals surface area (Å²) in [7, 11) is 0. The Bertz CT molecular complexity index is 745. The molecule has 0 aliphatic carbocycles. The van der Waals surface area contributed by atoms with Gasteiger partial charge in [-0.1, -0.05) is 11.3 Å².